The van der Waals surface area contributed by atoms with Gasteiger partial charge >= 0.3 is 5.97 Å². The number of unbranched alkanes of at least 4 members (excludes halogenated alkanes) is 5. The van der Waals surface area contributed by atoms with E-state index in [-0.39, 0.29) is 6.10 Å². The smallest absolute Gasteiger partial charge is 0.303 e. The zero-order valence-electron chi connectivity index (χ0n) is 13.5. The van der Waals surface area contributed by atoms with Crippen molar-refractivity contribution in [3.63, 3.8) is 0 Å². The largest absolute Gasteiger partial charge is 0.481 e. The number of carbonyl (C=O) groups is 1. The zero-order chi connectivity index (χ0) is 15.8. The van der Waals surface area contributed by atoms with Crippen LogP contribution in [-0.4, -0.2) is 24.3 Å². The molecule has 0 saturated heterocycles. The van der Waals surface area contributed by atoms with Crippen LogP contribution in [0.25, 0.3) is 0 Å². The monoisotopic (exact) mass is 294 g/mol. The maximum Gasteiger partial charge on any atom is 0.303 e. The Balaban J connectivity index is 3.52. The van der Waals surface area contributed by atoms with Crippen molar-refractivity contribution >= 4 is 5.97 Å². The first-order chi connectivity index (χ1) is 10.2. The fourth-order valence-electron chi connectivity index (χ4n) is 1.96. The summed E-state index contributed by atoms with van der Waals surface area (Å²) < 4.78 is 5.34. The van der Waals surface area contributed by atoms with E-state index in [2.05, 4.69) is 24.3 Å². The first-order valence-corrected chi connectivity index (χ1v) is 7.89. The van der Waals surface area contributed by atoms with Crippen LogP contribution in [0.3, 0.4) is 0 Å². The van der Waals surface area contributed by atoms with E-state index < -0.39 is 5.97 Å². The van der Waals surface area contributed by atoms with E-state index in [9.17, 15) is 4.79 Å². The van der Waals surface area contributed by atoms with Gasteiger partial charge in [-0.2, -0.15) is 0 Å². The van der Waals surface area contributed by atoms with Crippen molar-refractivity contribution in [3.05, 3.63) is 36.5 Å². The summed E-state index contributed by atoms with van der Waals surface area (Å²) in [6.07, 6.45) is 20.3. The molecule has 0 heterocycles. The standard InChI is InChI=1S/C18H30O3/c1-3-4-14-17(21-2)15-12-10-8-6-5-7-9-11-13-16-18(19)20/h3-4,8,10,12,15,17H,5-7,9,11,13-14,16H2,1-2H3,(H,19,20). The summed E-state index contributed by atoms with van der Waals surface area (Å²) in [5, 5.41) is 8.51. The van der Waals surface area contributed by atoms with Gasteiger partial charge in [0, 0.05) is 13.5 Å². The van der Waals surface area contributed by atoms with Crippen LogP contribution in [0.2, 0.25) is 0 Å². The fraction of sp³-hybridized carbons (Fsp3) is 0.611. The molecule has 0 spiro atoms. The molecule has 21 heavy (non-hydrogen) atoms. The minimum Gasteiger partial charge on any atom is -0.481 e. The molecule has 0 aliphatic heterocycles. The third-order valence-corrected chi connectivity index (χ3v) is 3.24. The van der Waals surface area contributed by atoms with Crippen molar-refractivity contribution in [2.45, 2.75) is 64.4 Å². The van der Waals surface area contributed by atoms with Gasteiger partial charge in [0.05, 0.1) is 6.10 Å². The molecule has 3 heteroatoms. The van der Waals surface area contributed by atoms with Crippen molar-refractivity contribution in [3.8, 4) is 0 Å². The molecule has 0 aromatic carbocycles. The van der Waals surface area contributed by atoms with Gasteiger partial charge < -0.3 is 9.84 Å². The Morgan fingerprint density at radius 2 is 1.81 bits per heavy atom. The van der Waals surface area contributed by atoms with Crippen molar-refractivity contribution in [1.29, 1.82) is 0 Å². The van der Waals surface area contributed by atoms with Gasteiger partial charge in [-0.3, -0.25) is 4.79 Å². The summed E-state index contributed by atoms with van der Waals surface area (Å²) in [4.78, 5) is 10.3. The van der Waals surface area contributed by atoms with E-state index in [1.54, 1.807) is 7.11 Å². The second-order valence-corrected chi connectivity index (χ2v) is 5.09. The van der Waals surface area contributed by atoms with Crippen LogP contribution in [-0.2, 0) is 9.53 Å². The molecule has 1 N–H and O–H groups in total. The van der Waals surface area contributed by atoms with Crippen LogP contribution < -0.4 is 0 Å². The Bertz CT molecular complexity index is 329. The number of aliphatic carboxylic acids is 1. The summed E-state index contributed by atoms with van der Waals surface area (Å²) >= 11 is 0. The molecule has 0 aliphatic rings. The molecule has 0 radical (unpaired) electrons. The molecule has 0 bridgehead atoms. The van der Waals surface area contributed by atoms with Gasteiger partial charge in [0.15, 0.2) is 0 Å². The number of hydrogen-bond acceptors (Lipinski definition) is 2. The van der Waals surface area contributed by atoms with Crippen molar-refractivity contribution < 1.29 is 14.6 Å². The Kier molecular flexibility index (Phi) is 14.1. The van der Waals surface area contributed by atoms with Crippen molar-refractivity contribution in [1.82, 2.24) is 0 Å². The Hall–Kier alpha value is -1.35. The fourth-order valence-corrected chi connectivity index (χ4v) is 1.96. The number of hydrogen-bond donors (Lipinski definition) is 1. The lowest BCUT2D eigenvalue weighted by Crippen LogP contribution is -2.04. The van der Waals surface area contributed by atoms with E-state index in [0.717, 1.165) is 32.1 Å². The number of allylic oxidation sites excluding steroid dienone is 4. The normalized spacial score (nSPS) is 13.6. The molecule has 120 valence electrons. The Labute approximate surface area is 129 Å². The molecule has 1 atom stereocenters. The van der Waals surface area contributed by atoms with Gasteiger partial charge in [-0.05, 0) is 32.6 Å². The quantitative estimate of drug-likeness (QED) is 0.299. The van der Waals surface area contributed by atoms with Crippen molar-refractivity contribution in [2.75, 3.05) is 7.11 Å². The summed E-state index contributed by atoms with van der Waals surface area (Å²) in [7, 11) is 1.73. The first kappa shape index (κ1) is 19.7. The molecule has 0 saturated carbocycles. The number of methoxy groups -OCH3 is 1. The molecule has 0 fully saturated rings. The van der Waals surface area contributed by atoms with Gasteiger partial charge in [0.2, 0.25) is 0 Å². The topological polar surface area (TPSA) is 46.5 Å². The summed E-state index contributed by atoms with van der Waals surface area (Å²) in [5.74, 6) is -0.687. The highest BCUT2D eigenvalue weighted by Gasteiger charge is 1.97. The van der Waals surface area contributed by atoms with Gasteiger partial charge in [-0.15, -0.1) is 0 Å². The lowest BCUT2D eigenvalue weighted by atomic mass is 10.1. The zero-order valence-corrected chi connectivity index (χ0v) is 13.5. The number of rotatable bonds is 13. The average Bonchev–Trinajstić information content (AvgIpc) is 2.47. The molecule has 0 aliphatic carbocycles. The molecule has 1 unspecified atom stereocenters. The maximum absolute atomic E-state index is 10.3. The third-order valence-electron chi connectivity index (χ3n) is 3.24. The molecule has 0 amide bonds. The summed E-state index contributed by atoms with van der Waals surface area (Å²) in [6.45, 7) is 2.01. The molecular weight excluding hydrogens is 264 g/mol. The van der Waals surface area contributed by atoms with Gasteiger partial charge in [0.1, 0.15) is 0 Å². The van der Waals surface area contributed by atoms with Crippen LogP contribution in [0.4, 0.5) is 0 Å². The van der Waals surface area contributed by atoms with E-state index in [1.165, 1.54) is 12.8 Å². The second kappa shape index (κ2) is 15.0. The highest BCUT2D eigenvalue weighted by Crippen LogP contribution is 2.07. The van der Waals surface area contributed by atoms with Crippen molar-refractivity contribution in [2.24, 2.45) is 0 Å². The minimum absolute atomic E-state index is 0.153. The number of ether oxygens (including phenoxy) is 1. The van der Waals surface area contributed by atoms with E-state index in [1.807, 2.05) is 19.1 Å². The molecule has 0 aromatic rings. The van der Waals surface area contributed by atoms with Crippen LogP contribution >= 0.6 is 0 Å². The molecular formula is C18H30O3. The number of carboxylic acid groups (broad SMARTS) is 1. The van der Waals surface area contributed by atoms with Crippen LogP contribution in [0.5, 0.6) is 0 Å². The average molecular weight is 294 g/mol. The summed E-state index contributed by atoms with van der Waals surface area (Å²) in [6, 6.07) is 0. The van der Waals surface area contributed by atoms with Gasteiger partial charge in [-0.1, -0.05) is 55.7 Å². The Morgan fingerprint density at radius 1 is 1.10 bits per heavy atom. The minimum atomic E-state index is -0.687. The Morgan fingerprint density at radius 3 is 2.48 bits per heavy atom. The highest BCUT2D eigenvalue weighted by atomic mass is 16.5. The predicted octanol–water partition coefficient (Wildman–Crippen LogP) is 4.90. The highest BCUT2D eigenvalue weighted by molar-refractivity contribution is 5.66. The lowest BCUT2D eigenvalue weighted by Gasteiger charge is -2.06. The van der Waals surface area contributed by atoms with E-state index >= 15 is 0 Å². The molecule has 3 nitrogen and oxygen atoms in total. The molecule has 0 aromatic heterocycles. The molecule has 0 rings (SSSR count). The summed E-state index contributed by atoms with van der Waals surface area (Å²) in [5.41, 5.74) is 0. The van der Waals surface area contributed by atoms with Gasteiger partial charge in [0.25, 0.3) is 0 Å². The van der Waals surface area contributed by atoms with Gasteiger partial charge in [-0.25, -0.2) is 0 Å². The predicted molar refractivity (Wildman–Crippen MR) is 88.5 cm³/mol. The van der Waals surface area contributed by atoms with E-state index in [4.69, 9.17) is 9.84 Å². The van der Waals surface area contributed by atoms with Crippen LogP contribution in [0, 0.1) is 0 Å². The second-order valence-electron chi connectivity index (χ2n) is 5.09. The third kappa shape index (κ3) is 14.9. The van der Waals surface area contributed by atoms with Crippen LogP contribution in [0.1, 0.15) is 58.3 Å². The first-order valence-electron chi connectivity index (χ1n) is 7.89. The maximum atomic E-state index is 10.3. The van der Waals surface area contributed by atoms with Crippen LogP contribution in [0.15, 0.2) is 36.5 Å². The van der Waals surface area contributed by atoms with E-state index in [0.29, 0.717) is 6.42 Å². The lowest BCUT2D eigenvalue weighted by molar-refractivity contribution is -0.137. The SMILES string of the molecule is CC=CCC(C=CC=CCCCCCCCC(=O)O)OC. The number of carboxylic acids is 1.